The number of aliphatic hydroxyl groups is 11. The van der Waals surface area contributed by atoms with Gasteiger partial charge in [-0.05, 0) is 12.8 Å². The quantitative estimate of drug-likeness (QED) is 0.0256. The molecule has 0 aromatic rings. The highest BCUT2D eigenvalue weighted by molar-refractivity contribution is 5.77. The van der Waals surface area contributed by atoms with Crippen LogP contribution in [0.5, 0.6) is 0 Å². The average molecular weight is 1350 g/mol. The van der Waals surface area contributed by atoms with Crippen LogP contribution >= 0.6 is 0 Å². The van der Waals surface area contributed by atoms with Crippen LogP contribution in [0.25, 0.3) is 0 Å². The van der Waals surface area contributed by atoms with Crippen LogP contribution in [0.2, 0.25) is 0 Å². The van der Waals surface area contributed by atoms with Crippen molar-refractivity contribution >= 4 is 17.8 Å². The summed E-state index contributed by atoms with van der Waals surface area (Å²) in [5.41, 5.74) is 0. The van der Waals surface area contributed by atoms with E-state index in [2.05, 4.69) is 24.5 Å². The Kier molecular flexibility index (Phi) is 47.4. The fourth-order valence-corrected chi connectivity index (χ4v) is 13.4. The van der Waals surface area contributed by atoms with E-state index in [1.807, 2.05) is 0 Å². The molecule has 18 unspecified atom stereocenters. The van der Waals surface area contributed by atoms with Gasteiger partial charge in [-0.15, -0.1) is 0 Å². The van der Waals surface area contributed by atoms with Crippen LogP contribution < -0.4 is 10.6 Å². The van der Waals surface area contributed by atoms with Gasteiger partial charge >= 0.3 is 5.97 Å². The van der Waals surface area contributed by atoms with Gasteiger partial charge in [-0.1, -0.05) is 264 Å². The molecule has 3 aliphatic rings. The average Bonchev–Trinajstić information content (AvgIpc) is 0.765. The van der Waals surface area contributed by atoms with Crippen molar-refractivity contribution in [2.75, 3.05) is 26.4 Å². The van der Waals surface area contributed by atoms with Gasteiger partial charge in [-0.2, -0.15) is 0 Å². The van der Waals surface area contributed by atoms with Crippen molar-refractivity contribution in [2.45, 2.75) is 407 Å². The van der Waals surface area contributed by atoms with Crippen LogP contribution in [-0.4, -0.2) is 215 Å². The smallest absolute Gasteiger partial charge is 0.364 e. The van der Waals surface area contributed by atoms with Crippen LogP contribution in [0, 0.1) is 0 Å². The van der Waals surface area contributed by atoms with E-state index in [1.165, 1.54) is 199 Å². The lowest BCUT2D eigenvalue weighted by Gasteiger charge is -2.50. The van der Waals surface area contributed by atoms with E-state index in [9.17, 15) is 75.7 Å². The molecule has 3 fully saturated rings. The molecule has 0 aromatic heterocycles. The number of aliphatic carboxylic acids is 1. The lowest BCUT2D eigenvalue weighted by Crippen LogP contribution is -2.70. The maximum Gasteiger partial charge on any atom is 0.364 e. The second kappa shape index (κ2) is 51.8. The molecule has 0 aromatic carbocycles. The molecular weight excluding hydrogens is 1220 g/mol. The number of carboxylic acid groups (broad SMARTS) is 1. The Labute approximate surface area is 563 Å². The Morgan fingerprint density at radius 1 is 0.511 bits per heavy atom. The number of ether oxygens (including phenoxy) is 6. The second-order valence-electron chi connectivity index (χ2n) is 27.5. The van der Waals surface area contributed by atoms with E-state index < -0.39 is 148 Å². The van der Waals surface area contributed by atoms with Crippen LogP contribution in [-0.2, 0) is 42.8 Å². The van der Waals surface area contributed by atoms with Crippen molar-refractivity contribution in [1.82, 2.24) is 10.6 Å². The molecule has 554 valence electrons. The summed E-state index contributed by atoms with van der Waals surface area (Å²) in [7, 11) is 0. The van der Waals surface area contributed by atoms with E-state index >= 15 is 0 Å². The summed E-state index contributed by atoms with van der Waals surface area (Å²) in [5.74, 6) is -6.09. The van der Waals surface area contributed by atoms with Gasteiger partial charge in [0.25, 0.3) is 5.79 Å². The molecule has 3 saturated heterocycles. The predicted molar refractivity (Wildman–Crippen MR) is 357 cm³/mol. The second-order valence-corrected chi connectivity index (χ2v) is 27.5. The van der Waals surface area contributed by atoms with Crippen molar-refractivity contribution in [3.05, 3.63) is 0 Å². The molecule has 0 spiro atoms. The molecule has 18 atom stereocenters. The molecular formula is C71H134N2O21. The molecule has 94 heavy (non-hydrogen) atoms. The maximum atomic E-state index is 13.4. The number of rotatable bonds is 58. The first kappa shape index (κ1) is 86.0. The van der Waals surface area contributed by atoms with Gasteiger partial charge in [0.2, 0.25) is 11.8 Å². The number of aliphatic hydroxyl groups excluding tert-OH is 11. The summed E-state index contributed by atoms with van der Waals surface area (Å²) >= 11 is 0. The zero-order valence-electron chi connectivity index (χ0n) is 58.1. The summed E-state index contributed by atoms with van der Waals surface area (Å²) < 4.78 is 34.8. The number of hydrogen-bond acceptors (Lipinski definition) is 20. The molecule has 0 bridgehead atoms. The Balaban J connectivity index is 1.44. The molecule has 14 N–H and O–H groups in total. The Morgan fingerprint density at radius 3 is 1.33 bits per heavy atom. The highest BCUT2D eigenvalue weighted by Gasteiger charge is 2.60. The molecule has 3 aliphatic heterocycles. The standard InChI is InChI=1S/C71H134N2O21/c1-4-6-8-10-12-14-15-16-17-18-19-20-21-22-23-24-25-26-27-28-29-30-31-32-33-34-35-37-39-41-43-45-58(81)73-52(53(78)44-42-40-38-36-13-11-9-7-5-2)50-89-68-63(85)62(84)65(57(49-76)91-68)92-69-64(86)67(61(83)56(48-75)90-69)94-71(70(87)88)46-54(79)59(72-51(3)77)66(93-71)60(82)55(80)47-74/h52-57,59-69,74-76,78-80,82-86H,4-50H2,1-3H3,(H,72,77)(H,73,81)(H,87,88). The van der Waals surface area contributed by atoms with Gasteiger partial charge in [-0.25, -0.2) is 4.79 Å². The zero-order chi connectivity index (χ0) is 68.9. The highest BCUT2D eigenvalue weighted by atomic mass is 16.8. The SMILES string of the molecule is CCCCCCCCCCCCCCCCCCCCCCCCCCCCCCCCCC(=O)NC(COC1OC(CO)C(OC2OC(CO)C(O)C(OC3(C(=O)O)CC(O)C(NC(C)=O)C(C(O)C(O)CO)O3)C2O)C(O)C1O)C(O)CCCCCCCCCCC. The third kappa shape index (κ3) is 33.3. The topological polar surface area (TPSA) is 373 Å². The lowest BCUT2D eigenvalue weighted by atomic mass is 9.88. The highest BCUT2D eigenvalue weighted by Crippen LogP contribution is 2.39. The van der Waals surface area contributed by atoms with Crippen molar-refractivity contribution in [3.8, 4) is 0 Å². The molecule has 3 heterocycles. The van der Waals surface area contributed by atoms with Gasteiger partial charge < -0.3 is 100 Å². The molecule has 3 rings (SSSR count). The van der Waals surface area contributed by atoms with E-state index in [-0.39, 0.29) is 18.9 Å². The molecule has 2 amide bonds. The van der Waals surface area contributed by atoms with Gasteiger partial charge in [0.15, 0.2) is 12.6 Å². The molecule has 0 saturated carbocycles. The summed E-state index contributed by atoms with van der Waals surface area (Å²) in [6, 6.07) is -2.52. The minimum atomic E-state index is -3.08. The maximum absolute atomic E-state index is 13.4. The number of carboxylic acids is 1. The van der Waals surface area contributed by atoms with Crippen molar-refractivity contribution in [2.24, 2.45) is 0 Å². The lowest BCUT2D eigenvalue weighted by molar-refractivity contribution is -0.386. The number of amides is 2. The van der Waals surface area contributed by atoms with E-state index in [4.69, 9.17) is 28.4 Å². The van der Waals surface area contributed by atoms with Crippen LogP contribution in [0.15, 0.2) is 0 Å². The van der Waals surface area contributed by atoms with Crippen LogP contribution in [0.3, 0.4) is 0 Å². The van der Waals surface area contributed by atoms with Gasteiger partial charge in [0, 0.05) is 19.8 Å². The molecule has 23 nitrogen and oxygen atoms in total. The fourth-order valence-electron chi connectivity index (χ4n) is 13.4. The number of hydrogen-bond donors (Lipinski definition) is 14. The Bertz CT molecular complexity index is 1900. The van der Waals surface area contributed by atoms with E-state index in [1.54, 1.807) is 0 Å². The largest absolute Gasteiger partial charge is 0.477 e. The molecule has 0 radical (unpaired) electrons. The predicted octanol–water partition coefficient (Wildman–Crippen LogP) is 8.07. The minimum Gasteiger partial charge on any atom is -0.477 e. The van der Waals surface area contributed by atoms with Crippen molar-refractivity contribution in [1.29, 1.82) is 0 Å². The third-order valence-corrected chi connectivity index (χ3v) is 19.3. The van der Waals surface area contributed by atoms with Gasteiger partial charge in [-0.3, -0.25) is 9.59 Å². The number of carbonyl (C=O) groups excluding carboxylic acids is 2. The summed E-state index contributed by atoms with van der Waals surface area (Å²) in [5, 5.41) is 136. The Hall–Kier alpha value is -2.27. The fraction of sp³-hybridized carbons (Fsp3) is 0.958. The first-order chi connectivity index (χ1) is 45.4. The number of carbonyl (C=O) groups is 3. The normalized spacial score (nSPS) is 27.8. The summed E-state index contributed by atoms with van der Waals surface area (Å²) in [4.78, 5) is 38.5. The summed E-state index contributed by atoms with van der Waals surface area (Å²) in [6.45, 7) is 2.19. The molecule has 0 aliphatic carbocycles. The minimum absolute atomic E-state index is 0.229. The van der Waals surface area contributed by atoms with Crippen LogP contribution in [0.1, 0.15) is 297 Å². The van der Waals surface area contributed by atoms with E-state index in [0.29, 0.717) is 19.3 Å². The first-order valence-electron chi connectivity index (χ1n) is 37.4. The van der Waals surface area contributed by atoms with Crippen molar-refractivity contribution < 1.29 is 104 Å². The van der Waals surface area contributed by atoms with E-state index in [0.717, 1.165) is 51.9 Å². The van der Waals surface area contributed by atoms with Crippen LogP contribution in [0.4, 0.5) is 0 Å². The Morgan fingerprint density at radius 2 is 0.926 bits per heavy atom. The van der Waals surface area contributed by atoms with Gasteiger partial charge in [0.1, 0.15) is 67.1 Å². The number of unbranched alkanes of at least 4 members (excludes halogenated alkanes) is 38. The number of nitrogens with one attached hydrogen (secondary N) is 2. The third-order valence-electron chi connectivity index (χ3n) is 19.3. The summed E-state index contributed by atoms with van der Waals surface area (Å²) in [6.07, 6.45) is 21.6. The zero-order valence-corrected chi connectivity index (χ0v) is 58.1. The van der Waals surface area contributed by atoms with Gasteiger partial charge in [0.05, 0.1) is 50.7 Å². The molecule has 23 heteroatoms. The first-order valence-corrected chi connectivity index (χ1v) is 37.4. The monoisotopic (exact) mass is 1350 g/mol. The van der Waals surface area contributed by atoms with Crippen molar-refractivity contribution in [3.63, 3.8) is 0 Å².